The van der Waals surface area contributed by atoms with Gasteiger partial charge in [-0.15, -0.1) is 0 Å². The van der Waals surface area contributed by atoms with Gasteiger partial charge in [0.05, 0.1) is 6.10 Å². The second-order valence-electron chi connectivity index (χ2n) is 8.45. The fraction of sp³-hybridized carbons (Fsp3) is 0.458. The number of rotatable bonds is 6. The van der Waals surface area contributed by atoms with E-state index in [2.05, 4.69) is 52.5 Å². The third-order valence-corrected chi connectivity index (χ3v) is 6.21. The zero-order chi connectivity index (χ0) is 20.2. The number of fused-ring (bicyclic) bond motifs is 1. The van der Waals surface area contributed by atoms with Crippen molar-refractivity contribution in [1.29, 1.82) is 0 Å². The van der Waals surface area contributed by atoms with Crippen LogP contribution in [-0.4, -0.2) is 66.7 Å². The standard InChI is InChI=1S/C24H31N3O2/c1-26-12-10-20(15-26)22-8-4-5-9-23(22)24(29)25-14-21(28)17-27-13-11-18-6-2-3-7-19(18)16-27/h2-9,20-21,28H,10-17H2,1H3,(H,25,29). The van der Waals surface area contributed by atoms with Crippen LogP contribution in [0.1, 0.15) is 39.4 Å². The van der Waals surface area contributed by atoms with Crippen LogP contribution >= 0.6 is 0 Å². The summed E-state index contributed by atoms with van der Waals surface area (Å²) in [5.41, 5.74) is 4.61. The Morgan fingerprint density at radius 3 is 2.69 bits per heavy atom. The fourth-order valence-corrected chi connectivity index (χ4v) is 4.63. The number of amides is 1. The maximum Gasteiger partial charge on any atom is 0.251 e. The van der Waals surface area contributed by atoms with E-state index in [0.717, 1.165) is 50.1 Å². The van der Waals surface area contributed by atoms with Gasteiger partial charge in [0, 0.05) is 38.3 Å². The molecule has 4 rings (SSSR count). The van der Waals surface area contributed by atoms with Crippen molar-refractivity contribution in [1.82, 2.24) is 15.1 Å². The summed E-state index contributed by atoms with van der Waals surface area (Å²) in [6.45, 7) is 4.71. The van der Waals surface area contributed by atoms with Gasteiger partial charge in [-0.2, -0.15) is 0 Å². The summed E-state index contributed by atoms with van der Waals surface area (Å²) in [5.74, 6) is 0.318. The molecular weight excluding hydrogens is 362 g/mol. The second-order valence-corrected chi connectivity index (χ2v) is 8.45. The van der Waals surface area contributed by atoms with Crippen LogP contribution in [0.2, 0.25) is 0 Å². The number of aliphatic hydroxyl groups is 1. The van der Waals surface area contributed by atoms with Gasteiger partial charge in [0.1, 0.15) is 0 Å². The van der Waals surface area contributed by atoms with Gasteiger partial charge in [-0.1, -0.05) is 42.5 Å². The van der Waals surface area contributed by atoms with Crippen molar-refractivity contribution in [3.05, 3.63) is 70.8 Å². The summed E-state index contributed by atoms with van der Waals surface area (Å²) in [6.07, 6.45) is 1.52. The summed E-state index contributed by atoms with van der Waals surface area (Å²) in [5, 5.41) is 13.5. The molecule has 1 fully saturated rings. The average molecular weight is 394 g/mol. The van der Waals surface area contributed by atoms with Crippen molar-refractivity contribution in [2.75, 3.05) is 39.8 Å². The molecule has 2 N–H and O–H groups in total. The lowest BCUT2D eigenvalue weighted by Gasteiger charge is -2.30. The molecule has 2 unspecified atom stereocenters. The van der Waals surface area contributed by atoms with Crippen molar-refractivity contribution in [3.8, 4) is 0 Å². The third kappa shape index (κ3) is 4.86. The van der Waals surface area contributed by atoms with Gasteiger partial charge in [-0.05, 0) is 55.1 Å². The van der Waals surface area contributed by atoms with Gasteiger partial charge in [-0.25, -0.2) is 0 Å². The molecule has 2 heterocycles. The molecule has 2 aliphatic heterocycles. The lowest BCUT2D eigenvalue weighted by Crippen LogP contribution is -2.42. The van der Waals surface area contributed by atoms with E-state index in [0.29, 0.717) is 12.5 Å². The Hall–Kier alpha value is -2.21. The van der Waals surface area contributed by atoms with Crippen LogP contribution in [0.5, 0.6) is 0 Å². The van der Waals surface area contributed by atoms with Gasteiger partial charge < -0.3 is 15.3 Å². The van der Waals surface area contributed by atoms with Crippen molar-refractivity contribution in [2.45, 2.75) is 31.4 Å². The highest BCUT2D eigenvalue weighted by atomic mass is 16.3. The van der Waals surface area contributed by atoms with Crippen LogP contribution < -0.4 is 5.32 Å². The Bertz CT molecular complexity index is 854. The lowest BCUT2D eigenvalue weighted by atomic mass is 9.93. The smallest absolute Gasteiger partial charge is 0.251 e. The van der Waals surface area contributed by atoms with E-state index in [4.69, 9.17) is 0 Å². The van der Waals surface area contributed by atoms with Crippen molar-refractivity contribution < 1.29 is 9.90 Å². The van der Waals surface area contributed by atoms with E-state index >= 15 is 0 Å². The van der Waals surface area contributed by atoms with Crippen molar-refractivity contribution in [2.24, 2.45) is 0 Å². The predicted molar refractivity (Wildman–Crippen MR) is 115 cm³/mol. The molecule has 5 nitrogen and oxygen atoms in total. The summed E-state index contributed by atoms with van der Waals surface area (Å²) < 4.78 is 0. The minimum Gasteiger partial charge on any atom is -0.390 e. The number of carbonyl (C=O) groups excluding carboxylic acids is 1. The first-order valence-electron chi connectivity index (χ1n) is 10.6. The van der Waals surface area contributed by atoms with Crippen LogP contribution in [-0.2, 0) is 13.0 Å². The highest BCUT2D eigenvalue weighted by molar-refractivity contribution is 5.95. The van der Waals surface area contributed by atoms with Crippen LogP contribution in [0.3, 0.4) is 0 Å². The fourth-order valence-electron chi connectivity index (χ4n) is 4.63. The molecule has 2 aromatic rings. The molecule has 0 aromatic heterocycles. The van der Waals surface area contributed by atoms with E-state index in [1.165, 1.54) is 11.1 Å². The monoisotopic (exact) mass is 393 g/mol. The van der Waals surface area contributed by atoms with Crippen LogP contribution in [0.4, 0.5) is 0 Å². The van der Waals surface area contributed by atoms with Gasteiger partial charge in [0.2, 0.25) is 0 Å². The summed E-state index contributed by atoms with van der Waals surface area (Å²) in [6, 6.07) is 16.4. The lowest BCUT2D eigenvalue weighted by molar-refractivity contribution is 0.0841. The topological polar surface area (TPSA) is 55.8 Å². The number of β-amino-alcohol motifs (C(OH)–C–C–N with tert-alkyl or cyclic N) is 1. The van der Waals surface area contributed by atoms with Crippen LogP contribution in [0, 0.1) is 0 Å². The SMILES string of the molecule is CN1CCC(c2ccccc2C(=O)NCC(O)CN2CCc3ccccc3C2)C1. The van der Waals surface area contributed by atoms with Crippen LogP contribution in [0.25, 0.3) is 0 Å². The summed E-state index contributed by atoms with van der Waals surface area (Å²) in [7, 11) is 2.12. The maximum atomic E-state index is 12.8. The molecule has 0 saturated carbocycles. The number of hydrogen-bond acceptors (Lipinski definition) is 4. The molecule has 0 radical (unpaired) electrons. The summed E-state index contributed by atoms with van der Waals surface area (Å²) in [4.78, 5) is 17.4. The highest BCUT2D eigenvalue weighted by Crippen LogP contribution is 2.28. The van der Waals surface area contributed by atoms with Gasteiger partial charge in [-0.3, -0.25) is 9.69 Å². The molecule has 0 spiro atoms. The number of nitrogens with zero attached hydrogens (tertiary/aromatic N) is 2. The molecule has 29 heavy (non-hydrogen) atoms. The minimum atomic E-state index is -0.575. The largest absolute Gasteiger partial charge is 0.390 e. The molecule has 1 saturated heterocycles. The van der Waals surface area contributed by atoms with Gasteiger partial charge in [0.25, 0.3) is 5.91 Å². The Morgan fingerprint density at radius 2 is 1.90 bits per heavy atom. The zero-order valence-corrected chi connectivity index (χ0v) is 17.2. The quantitative estimate of drug-likeness (QED) is 0.791. The normalized spacial score (nSPS) is 21.0. The molecular formula is C24H31N3O2. The minimum absolute atomic E-state index is 0.0850. The first-order valence-corrected chi connectivity index (χ1v) is 10.6. The number of likely N-dealkylation sites (N-methyl/N-ethyl adjacent to an activating group) is 1. The van der Waals surface area contributed by atoms with E-state index in [9.17, 15) is 9.90 Å². The van der Waals surface area contributed by atoms with Crippen molar-refractivity contribution >= 4 is 5.91 Å². The third-order valence-electron chi connectivity index (χ3n) is 6.21. The number of carbonyl (C=O) groups is 1. The van der Waals surface area contributed by atoms with Gasteiger partial charge >= 0.3 is 0 Å². The molecule has 2 aromatic carbocycles. The van der Waals surface area contributed by atoms with Crippen molar-refractivity contribution in [3.63, 3.8) is 0 Å². The Kier molecular flexibility index (Phi) is 6.28. The number of hydrogen-bond donors (Lipinski definition) is 2. The number of likely N-dealkylation sites (tertiary alicyclic amines) is 1. The molecule has 5 heteroatoms. The predicted octanol–water partition coefficient (Wildman–Crippen LogP) is 2.25. The Balaban J connectivity index is 1.31. The number of benzene rings is 2. The number of nitrogens with one attached hydrogen (secondary N) is 1. The number of aliphatic hydroxyl groups excluding tert-OH is 1. The highest BCUT2D eigenvalue weighted by Gasteiger charge is 2.25. The van der Waals surface area contributed by atoms with Gasteiger partial charge in [0.15, 0.2) is 0 Å². The zero-order valence-electron chi connectivity index (χ0n) is 17.2. The molecule has 0 bridgehead atoms. The summed E-state index contributed by atoms with van der Waals surface area (Å²) >= 11 is 0. The molecule has 154 valence electrons. The first kappa shape index (κ1) is 20.1. The molecule has 1 amide bonds. The first-order chi connectivity index (χ1) is 14.1. The molecule has 0 aliphatic carbocycles. The molecule has 2 aliphatic rings. The maximum absolute atomic E-state index is 12.8. The van der Waals surface area contributed by atoms with E-state index in [-0.39, 0.29) is 12.5 Å². The van der Waals surface area contributed by atoms with E-state index in [1.54, 1.807) is 0 Å². The Morgan fingerprint density at radius 1 is 1.14 bits per heavy atom. The van der Waals surface area contributed by atoms with E-state index in [1.807, 2.05) is 18.2 Å². The van der Waals surface area contributed by atoms with E-state index < -0.39 is 6.10 Å². The second kappa shape index (κ2) is 9.08. The average Bonchev–Trinajstić information content (AvgIpc) is 3.18. The molecule has 2 atom stereocenters. The van der Waals surface area contributed by atoms with Crippen LogP contribution in [0.15, 0.2) is 48.5 Å². The Labute approximate surface area is 173 Å².